The predicted octanol–water partition coefficient (Wildman–Crippen LogP) is 3.75. The van der Waals surface area contributed by atoms with Crippen LogP contribution in [0, 0.1) is 0 Å². The lowest BCUT2D eigenvalue weighted by Gasteiger charge is -2.16. The highest BCUT2D eigenvalue weighted by Gasteiger charge is 2.28. The standard InChI is InChI=1S/C14H8O2.C8H11NO2/c15-13-9-5-1-2-6-10(9)14(16)12-8-4-3-7-11(12)13;1-10-7-3-6(9)4-8(5-7)11-2/h1-8H;3-5H,9H2,1-2H3. The number of ether oxygens (including phenoxy) is 2. The van der Waals surface area contributed by atoms with Crippen molar-refractivity contribution in [3.8, 4) is 11.5 Å². The van der Waals surface area contributed by atoms with Crippen LogP contribution in [0.2, 0.25) is 0 Å². The van der Waals surface area contributed by atoms with E-state index in [1.165, 1.54) is 0 Å². The molecule has 0 radical (unpaired) electrons. The minimum absolute atomic E-state index is 0.0641. The number of carbonyl (C=O) groups excluding carboxylic acids is 2. The van der Waals surface area contributed by atoms with Crippen molar-refractivity contribution in [1.29, 1.82) is 0 Å². The molecule has 0 bridgehead atoms. The fourth-order valence-corrected chi connectivity index (χ4v) is 2.88. The third kappa shape index (κ3) is 3.67. The third-order valence-corrected chi connectivity index (χ3v) is 4.21. The van der Waals surface area contributed by atoms with E-state index < -0.39 is 0 Å². The largest absolute Gasteiger partial charge is 0.497 e. The number of nitrogens with two attached hydrogens (primary N) is 1. The van der Waals surface area contributed by atoms with Gasteiger partial charge in [0, 0.05) is 46.1 Å². The molecule has 0 atom stereocenters. The van der Waals surface area contributed by atoms with E-state index >= 15 is 0 Å². The molecule has 27 heavy (non-hydrogen) atoms. The van der Waals surface area contributed by atoms with Gasteiger partial charge < -0.3 is 15.2 Å². The zero-order valence-electron chi connectivity index (χ0n) is 15.1. The Morgan fingerprint density at radius 1 is 0.630 bits per heavy atom. The maximum atomic E-state index is 12.1. The van der Waals surface area contributed by atoms with E-state index in [1.54, 1.807) is 80.9 Å². The van der Waals surface area contributed by atoms with Crippen molar-refractivity contribution in [3.05, 3.63) is 89.0 Å². The van der Waals surface area contributed by atoms with Gasteiger partial charge in [-0.05, 0) is 0 Å². The van der Waals surface area contributed by atoms with Gasteiger partial charge in [-0.2, -0.15) is 0 Å². The van der Waals surface area contributed by atoms with E-state index in [-0.39, 0.29) is 11.6 Å². The quantitative estimate of drug-likeness (QED) is 0.550. The number of hydrogen-bond acceptors (Lipinski definition) is 5. The van der Waals surface area contributed by atoms with Crippen LogP contribution in [0.1, 0.15) is 31.8 Å². The van der Waals surface area contributed by atoms with E-state index in [0.717, 1.165) is 0 Å². The van der Waals surface area contributed by atoms with Crippen molar-refractivity contribution in [2.24, 2.45) is 0 Å². The SMILES string of the molecule is COc1cc(N)cc(OC)c1.O=C1c2ccccc2C(=O)c2ccccc21. The van der Waals surface area contributed by atoms with Gasteiger partial charge in [-0.3, -0.25) is 9.59 Å². The van der Waals surface area contributed by atoms with Crippen LogP contribution in [-0.4, -0.2) is 25.8 Å². The summed E-state index contributed by atoms with van der Waals surface area (Å²) in [5, 5.41) is 0. The first-order valence-corrected chi connectivity index (χ1v) is 8.31. The topological polar surface area (TPSA) is 78.6 Å². The molecule has 0 unspecified atom stereocenters. The van der Waals surface area contributed by atoms with Gasteiger partial charge in [-0.25, -0.2) is 0 Å². The zero-order chi connectivity index (χ0) is 19.4. The fourth-order valence-electron chi connectivity index (χ4n) is 2.88. The summed E-state index contributed by atoms with van der Waals surface area (Å²) in [7, 11) is 3.18. The maximum absolute atomic E-state index is 12.1. The lowest BCUT2D eigenvalue weighted by molar-refractivity contribution is 0.0979. The Hall–Kier alpha value is -3.60. The Morgan fingerprint density at radius 2 is 0.963 bits per heavy atom. The van der Waals surface area contributed by atoms with E-state index in [9.17, 15) is 9.59 Å². The van der Waals surface area contributed by atoms with Crippen LogP contribution in [-0.2, 0) is 0 Å². The van der Waals surface area contributed by atoms with Crippen molar-refractivity contribution in [2.75, 3.05) is 20.0 Å². The van der Waals surface area contributed by atoms with Crippen LogP contribution in [0.25, 0.3) is 0 Å². The Labute approximate surface area is 157 Å². The molecule has 0 aliphatic heterocycles. The highest BCUT2D eigenvalue weighted by molar-refractivity contribution is 6.28. The van der Waals surface area contributed by atoms with Crippen molar-refractivity contribution >= 4 is 17.3 Å². The molecule has 0 aromatic heterocycles. The molecule has 5 nitrogen and oxygen atoms in total. The van der Waals surface area contributed by atoms with Crippen LogP contribution < -0.4 is 15.2 Å². The van der Waals surface area contributed by atoms with Gasteiger partial charge in [0.05, 0.1) is 14.2 Å². The zero-order valence-corrected chi connectivity index (χ0v) is 15.1. The second kappa shape index (κ2) is 7.74. The van der Waals surface area contributed by atoms with Crippen molar-refractivity contribution in [2.45, 2.75) is 0 Å². The summed E-state index contributed by atoms with van der Waals surface area (Å²) in [6.07, 6.45) is 0. The second-order valence-electron chi connectivity index (χ2n) is 5.90. The molecule has 3 aromatic carbocycles. The highest BCUT2D eigenvalue weighted by atomic mass is 16.5. The average molecular weight is 361 g/mol. The van der Waals surface area contributed by atoms with Gasteiger partial charge in [0.1, 0.15) is 11.5 Å². The minimum Gasteiger partial charge on any atom is -0.497 e. The highest BCUT2D eigenvalue weighted by Crippen LogP contribution is 2.26. The van der Waals surface area contributed by atoms with Crippen molar-refractivity contribution in [1.82, 2.24) is 0 Å². The normalized spacial score (nSPS) is 11.6. The molecule has 0 saturated carbocycles. The van der Waals surface area contributed by atoms with Gasteiger partial charge in [0.15, 0.2) is 11.6 Å². The lowest BCUT2D eigenvalue weighted by atomic mass is 9.84. The number of nitrogen functional groups attached to an aromatic ring is 1. The first-order chi connectivity index (χ1) is 13.0. The number of fused-ring (bicyclic) bond motifs is 2. The predicted molar refractivity (Wildman–Crippen MR) is 104 cm³/mol. The monoisotopic (exact) mass is 361 g/mol. The number of methoxy groups -OCH3 is 2. The number of benzene rings is 3. The average Bonchev–Trinajstić information content (AvgIpc) is 2.72. The molecular weight excluding hydrogens is 342 g/mol. The number of rotatable bonds is 2. The molecule has 0 spiro atoms. The van der Waals surface area contributed by atoms with E-state index in [2.05, 4.69) is 0 Å². The van der Waals surface area contributed by atoms with Crippen LogP contribution >= 0.6 is 0 Å². The van der Waals surface area contributed by atoms with Gasteiger partial charge in [0.2, 0.25) is 0 Å². The molecule has 136 valence electrons. The molecule has 4 rings (SSSR count). The molecule has 2 N–H and O–H groups in total. The summed E-state index contributed by atoms with van der Waals surface area (Å²) in [4.78, 5) is 24.2. The summed E-state index contributed by atoms with van der Waals surface area (Å²) in [6.45, 7) is 0. The first-order valence-electron chi connectivity index (χ1n) is 8.31. The lowest BCUT2D eigenvalue weighted by Crippen LogP contribution is -2.20. The van der Waals surface area contributed by atoms with Gasteiger partial charge in [0.25, 0.3) is 0 Å². The third-order valence-electron chi connectivity index (χ3n) is 4.21. The molecular formula is C22H19NO4. The Kier molecular flexibility index (Phi) is 5.22. The van der Waals surface area contributed by atoms with E-state index in [4.69, 9.17) is 15.2 Å². The number of anilines is 1. The van der Waals surface area contributed by atoms with Gasteiger partial charge >= 0.3 is 0 Å². The summed E-state index contributed by atoms with van der Waals surface area (Å²) < 4.78 is 9.96. The van der Waals surface area contributed by atoms with Crippen LogP contribution in [0.5, 0.6) is 11.5 Å². The minimum atomic E-state index is -0.0641. The molecule has 0 amide bonds. The Bertz CT molecular complexity index is 883. The summed E-state index contributed by atoms with van der Waals surface area (Å²) in [6, 6.07) is 19.2. The van der Waals surface area contributed by atoms with Crippen LogP contribution in [0.3, 0.4) is 0 Å². The molecule has 5 heteroatoms. The molecule has 0 heterocycles. The molecule has 0 saturated heterocycles. The Balaban J connectivity index is 0.000000168. The van der Waals surface area contributed by atoms with Crippen LogP contribution in [0.15, 0.2) is 66.7 Å². The number of hydrogen-bond donors (Lipinski definition) is 1. The first kappa shape index (κ1) is 18.2. The second-order valence-corrected chi connectivity index (χ2v) is 5.90. The van der Waals surface area contributed by atoms with Gasteiger partial charge in [-0.1, -0.05) is 48.5 Å². The molecule has 1 aliphatic rings. The Morgan fingerprint density at radius 3 is 1.26 bits per heavy atom. The summed E-state index contributed by atoms with van der Waals surface area (Å²) >= 11 is 0. The summed E-state index contributed by atoms with van der Waals surface area (Å²) in [5.74, 6) is 1.29. The van der Waals surface area contributed by atoms with Crippen molar-refractivity contribution < 1.29 is 19.1 Å². The molecule has 1 aliphatic carbocycles. The maximum Gasteiger partial charge on any atom is 0.194 e. The molecule has 0 fully saturated rings. The number of ketones is 2. The van der Waals surface area contributed by atoms with Crippen molar-refractivity contribution in [3.63, 3.8) is 0 Å². The summed E-state index contributed by atoms with van der Waals surface area (Å²) in [5.41, 5.74) is 8.21. The van der Waals surface area contributed by atoms with Crippen LogP contribution in [0.4, 0.5) is 5.69 Å². The van der Waals surface area contributed by atoms with E-state index in [0.29, 0.717) is 39.4 Å². The fraction of sp³-hybridized carbons (Fsp3) is 0.0909. The molecule has 3 aromatic rings. The number of carbonyl (C=O) groups is 2. The van der Waals surface area contributed by atoms with Gasteiger partial charge in [-0.15, -0.1) is 0 Å². The van der Waals surface area contributed by atoms with E-state index in [1.807, 2.05) is 0 Å². The smallest absolute Gasteiger partial charge is 0.194 e.